The summed E-state index contributed by atoms with van der Waals surface area (Å²) in [5.74, 6) is 0.843. The Kier molecular flexibility index (Phi) is 7.83. The standard InChI is InChI=1S/C8H13N2O3PS.H3O3PS/c1-5(2)8-9-6(3)4-7(10-8)13-14(11,12)15;1-4(2,3)5/h4-5H,1-3H3,(H2,11,12,15);(H3,1,2,3,5). The maximum absolute atomic E-state index is 8.99. The van der Waals surface area contributed by atoms with Crippen LogP contribution in [0.5, 0.6) is 5.88 Å². The first-order valence-corrected chi connectivity index (χ1v) is 10.5. The summed E-state index contributed by atoms with van der Waals surface area (Å²) < 4.78 is 4.76. The molecule has 0 atom stereocenters. The predicted molar refractivity (Wildman–Crippen MR) is 81.1 cm³/mol. The summed E-state index contributed by atoms with van der Waals surface area (Å²) in [6.45, 7) is -1.87. The lowest BCUT2D eigenvalue weighted by atomic mass is 10.2. The van der Waals surface area contributed by atoms with Gasteiger partial charge in [-0.1, -0.05) is 13.8 Å². The second-order valence-corrected chi connectivity index (χ2v) is 9.04. The van der Waals surface area contributed by atoms with Crippen LogP contribution in [-0.2, 0) is 23.6 Å². The van der Waals surface area contributed by atoms with E-state index in [0.717, 1.165) is 0 Å². The summed E-state index contributed by atoms with van der Waals surface area (Å²) >= 11 is 7.96. The van der Waals surface area contributed by atoms with E-state index in [1.54, 1.807) is 6.92 Å². The normalized spacial score (nSPS) is 11.8. The molecule has 0 spiro atoms. The van der Waals surface area contributed by atoms with Crippen molar-refractivity contribution >= 4 is 37.1 Å². The quantitative estimate of drug-likeness (QED) is 0.488. The Morgan fingerprint density at radius 3 is 1.90 bits per heavy atom. The smallest absolute Gasteiger partial charge is 0.376 e. The molecule has 12 heteroatoms. The lowest BCUT2D eigenvalue weighted by Crippen LogP contribution is -2.02. The van der Waals surface area contributed by atoms with Gasteiger partial charge in [0.25, 0.3) is 0 Å². The summed E-state index contributed by atoms with van der Waals surface area (Å²) in [4.78, 5) is 48.9. The zero-order valence-electron chi connectivity index (χ0n) is 10.9. The highest BCUT2D eigenvalue weighted by Crippen LogP contribution is 2.37. The molecule has 1 rings (SSSR count). The minimum Gasteiger partial charge on any atom is -0.406 e. The largest absolute Gasteiger partial charge is 0.406 e. The van der Waals surface area contributed by atoms with Gasteiger partial charge >= 0.3 is 13.4 Å². The van der Waals surface area contributed by atoms with Crippen LogP contribution in [0.2, 0.25) is 0 Å². The number of hydrogen-bond acceptors (Lipinski definition) is 5. The fourth-order valence-electron chi connectivity index (χ4n) is 0.989. The van der Waals surface area contributed by atoms with E-state index in [1.807, 2.05) is 13.8 Å². The molecular weight excluding hydrogens is 346 g/mol. The Morgan fingerprint density at radius 1 is 1.10 bits per heavy atom. The van der Waals surface area contributed by atoms with Crippen LogP contribution in [0.15, 0.2) is 6.07 Å². The van der Waals surface area contributed by atoms with Gasteiger partial charge in [-0.15, -0.1) is 0 Å². The van der Waals surface area contributed by atoms with Gasteiger partial charge in [0.2, 0.25) is 5.88 Å². The molecule has 0 saturated carbocycles. The van der Waals surface area contributed by atoms with Crippen molar-refractivity contribution < 1.29 is 29.0 Å². The summed E-state index contributed by atoms with van der Waals surface area (Å²) in [6, 6.07) is 1.51. The molecule has 0 bridgehead atoms. The number of aromatic nitrogens is 2. The summed E-state index contributed by atoms with van der Waals surface area (Å²) in [6.07, 6.45) is 0. The fraction of sp³-hybridized carbons (Fsp3) is 0.500. The first kappa shape index (κ1) is 20.0. The zero-order chi connectivity index (χ0) is 16.1. The average Bonchev–Trinajstić information content (AvgIpc) is 2.10. The van der Waals surface area contributed by atoms with Gasteiger partial charge in [0, 0.05) is 29.5 Å². The van der Waals surface area contributed by atoms with Gasteiger partial charge in [-0.2, -0.15) is 4.98 Å². The van der Waals surface area contributed by atoms with E-state index in [1.165, 1.54) is 6.07 Å². The van der Waals surface area contributed by atoms with Gasteiger partial charge in [-0.05, 0) is 18.7 Å². The molecule has 5 N–H and O–H groups in total. The van der Waals surface area contributed by atoms with Crippen LogP contribution in [0.4, 0.5) is 0 Å². The lowest BCUT2D eigenvalue weighted by molar-refractivity contribution is 0.361. The van der Waals surface area contributed by atoms with Crippen molar-refractivity contribution in [2.75, 3.05) is 0 Å². The molecule has 20 heavy (non-hydrogen) atoms. The van der Waals surface area contributed by atoms with Gasteiger partial charge in [-0.3, -0.25) is 0 Å². The predicted octanol–water partition coefficient (Wildman–Crippen LogP) is 0.684. The lowest BCUT2D eigenvalue weighted by Gasteiger charge is -2.11. The Balaban J connectivity index is 0.000000621. The van der Waals surface area contributed by atoms with Crippen molar-refractivity contribution in [3.8, 4) is 5.88 Å². The van der Waals surface area contributed by atoms with Gasteiger partial charge in [-0.25, -0.2) is 4.98 Å². The van der Waals surface area contributed by atoms with Crippen molar-refractivity contribution in [1.29, 1.82) is 0 Å². The van der Waals surface area contributed by atoms with Crippen molar-refractivity contribution in [1.82, 2.24) is 9.97 Å². The first-order valence-electron chi connectivity index (χ1n) is 5.17. The monoisotopic (exact) mass is 362 g/mol. The van der Waals surface area contributed by atoms with E-state index in [2.05, 4.69) is 33.6 Å². The van der Waals surface area contributed by atoms with Gasteiger partial charge in [0.1, 0.15) is 5.82 Å². The van der Waals surface area contributed by atoms with Crippen LogP contribution in [0, 0.1) is 6.92 Å². The fourth-order valence-corrected chi connectivity index (χ4v) is 1.55. The Morgan fingerprint density at radius 2 is 1.55 bits per heavy atom. The van der Waals surface area contributed by atoms with Crippen LogP contribution in [0.1, 0.15) is 31.3 Å². The minimum atomic E-state index is -3.81. The van der Waals surface area contributed by atoms with Crippen molar-refractivity contribution in [3.05, 3.63) is 17.6 Å². The van der Waals surface area contributed by atoms with E-state index in [0.29, 0.717) is 11.5 Å². The molecule has 0 saturated heterocycles. The zero-order valence-corrected chi connectivity index (χ0v) is 14.3. The third-order valence-electron chi connectivity index (χ3n) is 1.58. The molecule has 0 radical (unpaired) electrons. The molecular formula is C8H16N2O6P2S2. The van der Waals surface area contributed by atoms with E-state index in [9.17, 15) is 0 Å². The Hall–Kier alpha value is -0.0200. The molecule has 0 unspecified atom stereocenters. The topological polar surface area (TPSA) is 136 Å². The molecule has 0 aromatic carbocycles. The van der Waals surface area contributed by atoms with Crippen LogP contribution in [0.3, 0.4) is 0 Å². The number of hydrogen-bond donors (Lipinski definition) is 5. The number of aryl methyl sites for hydroxylation is 1. The maximum Gasteiger partial charge on any atom is 0.376 e. The Bertz CT molecular complexity index is 536. The highest BCUT2D eigenvalue weighted by Gasteiger charge is 2.13. The highest BCUT2D eigenvalue weighted by molar-refractivity contribution is 8.06. The van der Waals surface area contributed by atoms with E-state index in [-0.39, 0.29) is 11.8 Å². The number of nitrogens with zero attached hydrogens (tertiary/aromatic N) is 2. The van der Waals surface area contributed by atoms with E-state index >= 15 is 0 Å². The average molecular weight is 362 g/mol. The van der Waals surface area contributed by atoms with E-state index < -0.39 is 13.4 Å². The first-order chi connectivity index (χ1) is 8.78. The molecule has 0 aliphatic rings. The van der Waals surface area contributed by atoms with Crippen LogP contribution < -0.4 is 4.52 Å². The summed E-state index contributed by atoms with van der Waals surface area (Å²) in [7, 11) is 0. The number of rotatable bonds is 3. The maximum atomic E-state index is 8.99. The van der Waals surface area contributed by atoms with Crippen LogP contribution >= 0.6 is 13.4 Å². The summed E-state index contributed by atoms with van der Waals surface area (Å²) in [5.41, 5.74) is 0.701. The Labute approximate surface area is 126 Å². The highest BCUT2D eigenvalue weighted by atomic mass is 32.5. The third kappa shape index (κ3) is 11.8. The van der Waals surface area contributed by atoms with E-state index in [4.69, 9.17) is 29.0 Å². The van der Waals surface area contributed by atoms with Crippen molar-refractivity contribution in [2.45, 2.75) is 26.7 Å². The molecule has 0 amide bonds. The summed E-state index contributed by atoms with van der Waals surface area (Å²) in [5, 5.41) is 0. The molecule has 0 aliphatic heterocycles. The van der Waals surface area contributed by atoms with Crippen molar-refractivity contribution in [2.24, 2.45) is 0 Å². The molecule has 0 aliphatic carbocycles. The van der Waals surface area contributed by atoms with Gasteiger partial charge < -0.3 is 29.0 Å². The molecule has 0 fully saturated rings. The molecule has 116 valence electrons. The van der Waals surface area contributed by atoms with Crippen LogP contribution in [0.25, 0.3) is 0 Å². The second-order valence-electron chi connectivity index (χ2n) is 3.96. The second kappa shape index (κ2) is 7.84. The van der Waals surface area contributed by atoms with Gasteiger partial charge in [0.15, 0.2) is 0 Å². The molecule has 8 nitrogen and oxygen atoms in total. The molecule has 1 aromatic heterocycles. The van der Waals surface area contributed by atoms with Crippen LogP contribution in [-0.4, -0.2) is 34.4 Å². The van der Waals surface area contributed by atoms with Crippen molar-refractivity contribution in [3.63, 3.8) is 0 Å². The third-order valence-corrected chi connectivity index (χ3v) is 2.23. The molecule has 1 heterocycles. The van der Waals surface area contributed by atoms with Gasteiger partial charge in [0.05, 0.1) is 0 Å². The minimum absolute atomic E-state index is 0.111. The SMILES string of the molecule is Cc1cc(OP(O)(O)=S)nc(C(C)C)n1.OP(O)(O)=S. The molecule has 1 aromatic rings.